The third-order valence-corrected chi connectivity index (χ3v) is 3.13. The topological polar surface area (TPSA) is 66.7 Å². The van der Waals surface area contributed by atoms with E-state index in [2.05, 4.69) is 27.7 Å². The van der Waals surface area contributed by atoms with Crippen molar-refractivity contribution in [3.63, 3.8) is 0 Å². The van der Waals surface area contributed by atoms with Gasteiger partial charge in [0, 0.05) is 5.39 Å². The quantitative estimate of drug-likeness (QED) is 0.750. The number of aromatic amines is 1. The Bertz CT molecular complexity index is 692. The summed E-state index contributed by atoms with van der Waals surface area (Å²) in [6.07, 6.45) is 2.61. The smallest absolute Gasteiger partial charge is 0.169 e. The molecule has 2 N–H and O–H groups in total. The van der Waals surface area contributed by atoms with Gasteiger partial charge < -0.3 is 9.73 Å². The minimum absolute atomic E-state index is 0.236. The third kappa shape index (κ3) is 2.30. The fraction of sp³-hybridized carbons (Fsp3) is 0.286. The van der Waals surface area contributed by atoms with Crippen LogP contribution in [-0.4, -0.2) is 22.0 Å². The number of hydrogen-bond acceptors (Lipinski definition) is 4. The number of nitrogens with one attached hydrogen (secondary N) is 2. The molecule has 0 saturated carbocycles. The summed E-state index contributed by atoms with van der Waals surface area (Å²) < 4.78 is 19.4. The molecule has 104 valence electrons. The van der Waals surface area contributed by atoms with E-state index < -0.39 is 0 Å². The van der Waals surface area contributed by atoms with Crippen molar-refractivity contribution in [2.75, 3.05) is 6.54 Å². The summed E-state index contributed by atoms with van der Waals surface area (Å²) in [5.41, 5.74) is 0.993. The first-order chi connectivity index (χ1) is 9.79. The van der Waals surface area contributed by atoms with Gasteiger partial charge in [0.2, 0.25) is 0 Å². The Balaban J connectivity index is 2.02. The van der Waals surface area contributed by atoms with Crippen LogP contribution in [0.5, 0.6) is 0 Å². The molecule has 0 fully saturated rings. The second-order valence-corrected chi connectivity index (χ2v) is 4.59. The van der Waals surface area contributed by atoms with Crippen LogP contribution in [0.1, 0.15) is 30.8 Å². The first kappa shape index (κ1) is 12.8. The average Bonchev–Trinajstić information content (AvgIpc) is 3.09. The van der Waals surface area contributed by atoms with Crippen LogP contribution in [0.25, 0.3) is 11.0 Å². The Hall–Kier alpha value is -2.21. The summed E-state index contributed by atoms with van der Waals surface area (Å²) in [5, 5.41) is 14.6. The summed E-state index contributed by atoms with van der Waals surface area (Å²) in [6.45, 7) is 2.88. The summed E-state index contributed by atoms with van der Waals surface area (Å²) in [7, 11) is 0. The molecule has 1 aromatic carbocycles. The highest BCUT2D eigenvalue weighted by Gasteiger charge is 2.21. The third-order valence-electron chi connectivity index (χ3n) is 3.13. The molecule has 5 nitrogen and oxygen atoms in total. The van der Waals surface area contributed by atoms with Gasteiger partial charge in [0.1, 0.15) is 17.5 Å². The first-order valence-corrected chi connectivity index (χ1v) is 6.56. The zero-order chi connectivity index (χ0) is 13.9. The molecule has 0 aliphatic carbocycles. The van der Waals surface area contributed by atoms with Crippen molar-refractivity contribution in [1.29, 1.82) is 0 Å². The molecule has 3 aromatic rings. The lowest BCUT2D eigenvalue weighted by atomic mass is 10.1. The maximum atomic E-state index is 13.7. The van der Waals surface area contributed by atoms with Crippen molar-refractivity contribution in [1.82, 2.24) is 20.7 Å². The van der Waals surface area contributed by atoms with E-state index in [-0.39, 0.29) is 17.4 Å². The van der Waals surface area contributed by atoms with E-state index in [1.165, 1.54) is 6.07 Å². The molecule has 2 aromatic heterocycles. The van der Waals surface area contributed by atoms with E-state index in [1.807, 2.05) is 12.1 Å². The SMILES string of the molecule is CCCNC(c1cn[nH]n1)c1cc2cccc(F)c2o1. The summed E-state index contributed by atoms with van der Waals surface area (Å²) in [4.78, 5) is 0. The monoisotopic (exact) mass is 274 g/mol. The van der Waals surface area contributed by atoms with Gasteiger partial charge in [-0.3, -0.25) is 0 Å². The highest BCUT2D eigenvalue weighted by Crippen LogP contribution is 2.28. The van der Waals surface area contributed by atoms with Gasteiger partial charge in [-0.2, -0.15) is 15.4 Å². The average molecular weight is 274 g/mol. The Morgan fingerprint density at radius 3 is 3.05 bits per heavy atom. The number of halogens is 1. The molecule has 0 bridgehead atoms. The highest BCUT2D eigenvalue weighted by molar-refractivity contribution is 5.78. The predicted molar refractivity (Wildman–Crippen MR) is 72.7 cm³/mol. The lowest BCUT2D eigenvalue weighted by Gasteiger charge is -2.12. The summed E-state index contributed by atoms with van der Waals surface area (Å²) >= 11 is 0. The molecule has 0 saturated heterocycles. The van der Waals surface area contributed by atoms with Crippen molar-refractivity contribution >= 4 is 11.0 Å². The van der Waals surface area contributed by atoms with Gasteiger partial charge in [0.05, 0.1) is 6.20 Å². The van der Waals surface area contributed by atoms with E-state index in [0.717, 1.165) is 24.0 Å². The van der Waals surface area contributed by atoms with Crippen LogP contribution in [0, 0.1) is 5.82 Å². The molecular weight excluding hydrogens is 259 g/mol. The number of fused-ring (bicyclic) bond motifs is 1. The van der Waals surface area contributed by atoms with Crippen LogP contribution >= 0.6 is 0 Å². The normalized spacial score (nSPS) is 12.9. The standard InChI is InChI=1S/C14H15FN4O/c1-2-6-16-13(11-8-17-19-18-11)12-7-9-4-3-5-10(15)14(9)20-12/h3-5,7-8,13,16H,2,6H2,1H3,(H,17,18,19). The number of H-pyrrole nitrogens is 1. The Kier molecular flexibility index (Phi) is 3.47. The number of aromatic nitrogens is 3. The summed E-state index contributed by atoms with van der Waals surface area (Å²) in [6, 6.07) is 6.48. The molecule has 0 aliphatic rings. The minimum atomic E-state index is -0.358. The van der Waals surface area contributed by atoms with E-state index in [9.17, 15) is 4.39 Å². The number of rotatable bonds is 5. The fourth-order valence-corrected chi connectivity index (χ4v) is 2.18. The molecule has 1 atom stereocenters. The number of hydrogen-bond donors (Lipinski definition) is 2. The van der Waals surface area contributed by atoms with Crippen LogP contribution in [0.4, 0.5) is 4.39 Å². The van der Waals surface area contributed by atoms with Crippen LogP contribution in [0.3, 0.4) is 0 Å². The van der Waals surface area contributed by atoms with Gasteiger partial charge in [-0.25, -0.2) is 4.39 Å². The van der Waals surface area contributed by atoms with Gasteiger partial charge in [0.15, 0.2) is 11.4 Å². The number of para-hydroxylation sites is 1. The van der Waals surface area contributed by atoms with Crippen LogP contribution in [-0.2, 0) is 0 Å². The fourth-order valence-electron chi connectivity index (χ4n) is 2.18. The Morgan fingerprint density at radius 1 is 1.45 bits per heavy atom. The van der Waals surface area contributed by atoms with E-state index >= 15 is 0 Å². The van der Waals surface area contributed by atoms with Crippen LogP contribution < -0.4 is 5.32 Å². The molecular formula is C14H15FN4O. The van der Waals surface area contributed by atoms with Crippen molar-refractivity contribution in [2.45, 2.75) is 19.4 Å². The predicted octanol–water partition coefficient (Wildman–Crippen LogP) is 2.78. The zero-order valence-corrected chi connectivity index (χ0v) is 11.1. The highest BCUT2D eigenvalue weighted by atomic mass is 19.1. The van der Waals surface area contributed by atoms with Gasteiger partial charge in [-0.05, 0) is 25.1 Å². The minimum Gasteiger partial charge on any atom is -0.456 e. The van der Waals surface area contributed by atoms with E-state index in [1.54, 1.807) is 12.3 Å². The lowest BCUT2D eigenvalue weighted by Crippen LogP contribution is -2.23. The second-order valence-electron chi connectivity index (χ2n) is 4.59. The Labute approximate surface area is 115 Å². The molecule has 3 rings (SSSR count). The maximum Gasteiger partial charge on any atom is 0.169 e. The van der Waals surface area contributed by atoms with Gasteiger partial charge >= 0.3 is 0 Å². The van der Waals surface area contributed by atoms with Crippen LogP contribution in [0.15, 0.2) is 34.9 Å². The number of furan rings is 1. The van der Waals surface area contributed by atoms with Crippen molar-refractivity contribution in [3.8, 4) is 0 Å². The van der Waals surface area contributed by atoms with Crippen molar-refractivity contribution < 1.29 is 8.81 Å². The largest absolute Gasteiger partial charge is 0.456 e. The molecule has 0 radical (unpaired) electrons. The van der Waals surface area contributed by atoms with Gasteiger partial charge in [-0.1, -0.05) is 19.1 Å². The molecule has 0 spiro atoms. The Morgan fingerprint density at radius 2 is 2.35 bits per heavy atom. The van der Waals surface area contributed by atoms with Gasteiger partial charge in [-0.15, -0.1) is 0 Å². The van der Waals surface area contributed by atoms with E-state index in [4.69, 9.17) is 4.42 Å². The molecule has 20 heavy (non-hydrogen) atoms. The van der Waals surface area contributed by atoms with Crippen LogP contribution in [0.2, 0.25) is 0 Å². The molecule has 6 heteroatoms. The van der Waals surface area contributed by atoms with Crippen molar-refractivity contribution in [3.05, 3.63) is 47.7 Å². The van der Waals surface area contributed by atoms with E-state index in [0.29, 0.717) is 5.76 Å². The second kappa shape index (κ2) is 5.42. The first-order valence-electron chi connectivity index (χ1n) is 6.56. The zero-order valence-electron chi connectivity index (χ0n) is 11.1. The molecule has 2 heterocycles. The molecule has 0 aliphatic heterocycles. The molecule has 1 unspecified atom stereocenters. The lowest BCUT2D eigenvalue weighted by molar-refractivity contribution is 0.453. The van der Waals surface area contributed by atoms with Gasteiger partial charge in [0.25, 0.3) is 0 Å². The summed E-state index contributed by atoms with van der Waals surface area (Å²) in [5.74, 6) is 0.274. The van der Waals surface area contributed by atoms with Crippen molar-refractivity contribution in [2.24, 2.45) is 0 Å². The molecule has 0 amide bonds. The maximum absolute atomic E-state index is 13.7. The number of benzene rings is 1. The number of nitrogens with zero attached hydrogens (tertiary/aromatic N) is 2.